The third-order valence-electron chi connectivity index (χ3n) is 2.20. The zero-order chi connectivity index (χ0) is 11.7. The van der Waals surface area contributed by atoms with Crippen LogP contribution in [0.4, 0.5) is 0 Å². The van der Waals surface area contributed by atoms with Crippen molar-refractivity contribution in [3.8, 4) is 0 Å². The number of hydrogen-bond donors (Lipinski definition) is 0. The van der Waals surface area contributed by atoms with Gasteiger partial charge in [0.2, 0.25) is 0 Å². The highest BCUT2D eigenvalue weighted by molar-refractivity contribution is 6.62. The quantitative estimate of drug-likeness (QED) is 0.574. The van der Waals surface area contributed by atoms with Crippen molar-refractivity contribution >= 4 is 8.80 Å². The molecule has 0 aromatic heterocycles. The Morgan fingerprint density at radius 1 is 1.07 bits per heavy atom. The summed E-state index contributed by atoms with van der Waals surface area (Å²) >= 11 is 0. The average Bonchev–Trinajstić information content (AvgIpc) is 2.28. The summed E-state index contributed by atoms with van der Waals surface area (Å²) < 4.78 is 22.3. The van der Waals surface area contributed by atoms with Crippen LogP contribution in [0.5, 0.6) is 0 Å². The smallest absolute Gasteiger partial charge is 0.375 e. The fraction of sp³-hybridized carbons (Fsp3) is 1.00. The van der Waals surface area contributed by atoms with Gasteiger partial charge in [-0.1, -0.05) is 13.8 Å². The summed E-state index contributed by atoms with van der Waals surface area (Å²) in [6, 6.07) is 0. The van der Waals surface area contributed by atoms with Gasteiger partial charge < -0.3 is 18.0 Å². The third-order valence-corrected chi connectivity index (χ3v) is 5.40. The van der Waals surface area contributed by atoms with Crippen LogP contribution in [-0.2, 0) is 18.0 Å². The predicted molar refractivity (Wildman–Crippen MR) is 61.7 cm³/mol. The van der Waals surface area contributed by atoms with E-state index in [1.54, 1.807) is 14.2 Å². The molecule has 0 N–H and O–H groups in total. The molecule has 0 heterocycles. The molecule has 0 spiro atoms. The fourth-order valence-electron chi connectivity index (χ4n) is 1.49. The molecule has 0 aliphatic rings. The van der Waals surface area contributed by atoms with E-state index in [0.29, 0.717) is 13.2 Å². The lowest BCUT2D eigenvalue weighted by Gasteiger charge is -2.32. The molecule has 0 amide bonds. The van der Waals surface area contributed by atoms with Crippen molar-refractivity contribution in [2.24, 2.45) is 0 Å². The normalized spacial score (nSPS) is 14.2. The predicted octanol–water partition coefficient (Wildman–Crippen LogP) is 2.00. The Morgan fingerprint density at radius 3 is 2.00 bits per heavy atom. The van der Waals surface area contributed by atoms with Crippen LogP contribution in [0.1, 0.15) is 33.6 Å². The van der Waals surface area contributed by atoms with E-state index in [-0.39, 0.29) is 5.73 Å². The Labute approximate surface area is 94.2 Å². The van der Waals surface area contributed by atoms with Gasteiger partial charge in [-0.05, 0) is 19.8 Å². The summed E-state index contributed by atoms with van der Waals surface area (Å²) in [5.41, 5.74) is -0.0626. The third kappa shape index (κ3) is 4.20. The zero-order valence-corrected chi connectivity index (χ0v) is 11.5. The van der Waals surface area contributed by atoms with Crippen molar-refractivity contribution < 1.29 is 18.0 Å². The first-order valence-corrected chi connectivity index (χ1v) is 7.36. The summed E-state index contributed by atoms with van der Waals surface area (Å²) in [6.07, 6.45) is 1.83. The first kappa shape index (κ1) is 15.1. The summed E-state index contributed by atoms with van der Waals surface area (Å²) in [7, 11) is 0.624. The van der Waals surface area contributed by atoms with Gasteiger partial charge in [-0.15, -0.1) is 0 Å². The number of rotatable bonds is 9. The second-order valence-electron chi connectivity index (χ2n) is 3.21. The molecule has 1 atom stereocenters. The molecular formula is C10H24O4Si. The average molecular weight is 236 g/mol. The molecule has 5 heteroatoms. The maximum absolute atomic E-state index is 5.73. The molecule has 92 valence electrons. The highest BCUT2D eigenvalue weighted by atomic mass is 28.4. The van der Waals surface area contributed by atoms with Crippen molar-refractivity contribution in [2.75, 3.05) is 27.4 Å². The molecular weight excluding hydrogens is 212 g/mol. The van der Waals surface area contributed by atoms with Crippen LogP contribution in [0, 0.1) is 0 Å². The molecule has 0 saturated heterocycles. The minimum absolute atomic E-state index is 0.0626. The van der Waals surface area contributed by atoms with Gasteiger partial charge in [0.25, 0.3) is 0 Å². The lowest BCUT2D eigenvalue weighted by atomic mass is 10.5. The standard InChI is InChI=1S/C10H24O4Si/c1-6-9-13-10(7-2)15(11-4,12-5)14-8-3/h10H,6-9H2,1-5H3. The molecule has 0 aromatic carbocycles. The van der Waals surface area contributed by atoms with Crippen molar-refractivity contribution in [1.29, 1.82) is 0 Å². The van der Waals surface area contributed by atoms with E-state index >= 15 is 0 Å². The highest BCUT2D eigenvalue weighted by Crippen LogP contribution is 2.19. The van der Waals surface area contributed by atoms with Crippen LogP contribution in [0.15, 0.2) is 0 Å². The van der Waals surface area contributed by atoms with Crippen molar-refractivity contribution in [3.05, 3.63) is 0 Å². The molecule has 0 radical (unpaired) electrons. The van der Waals surface area contributed by atoms with Gasteiger partial charge in [-0.3, -0.25) is 0 Å². The SMILES string of the molecule is CCCOC(CC)[Si](OC)(OC)OCC. The highest BCUT2D eigenvalue weighted by Gasteiger charge is 2.48. The Kier molecular flexibility index (Phi) is 8.27. The molecule has 0 saturated carbocycles. The van der Waals surface area contributed by atoms with Gasteiger partial charge >= 0.3 is 8.80 Å². The van der Waals surface area contributed by atoms with Crippen LogP contribution in [-0.4, -0.2) is 42.0 Å². The summed E-state index contributed by atoms with van der Waals surface area (Å²) in [4.78, 5) is 0. The molecule has 0 aromatic rings. The van der Waals surface area contributed by atoms with Crippen LogP contribution in [0.25, 0.3) is 0 Å². The Morgan fingerprint density at radius 2 is 1.67 bits per heavy atom. The van der Waals surface area contributed by atoms with Crippen LogP contribution in [0.2, 0.25) is 0 Å². The summed E-state index contributed by atoms with van der Waals surface area (Å²) in [5.74, 6) is 0. The van der Waals surface area contributed by atoms with Crippen molar-refractivity contribution in [2.45, 2.75) is 39.3 Å². The van der Waals surface area contributed by atoms with E-state index in [0.717, 1.165) is 12.8 Å². The van der Waals surface area contributed by atoms with Gasteiger partial charge in [0, 0.05) is 27.4 Å². The summed E-state index contributed by atoms with van der Waals surface area (Å²) in [5, 5.41) is 0. The molecule has 0 bridgehead atoms. The van der Waals surface area contributed by atoms with Gasteiger partial charge in [0.1, 0.15) is 5.73 Å². The largest absolute Gasteiger partial charge is 0.530 e. The van der Waals surface area contributed by atoms with E-state index in [1.807, 2.05) is 6.92 Å². The Balaban J connectivity index is 4.51. The first-order chi connectivity index (χ1) is 7.20. The Bertz CT molecular complexity index is 150. The van der Waals surface area contributed by atoms with E-state index in [1.165, 1.54) is 0 Å². The van der Waals surface area contributed by atoms with Crippen LogP contribution in [0.3, 0.4) is 0 Å². The van der Waals surface area contributed by atoms with E-state index in [9.17, 15) is 0 Å². The minimum atomic E-state index is -2.63. The topological polar surface area (TPSA) is 36.9 Å². The second kappa shape index (κ2) is 8.24. The Hall–Kier alpha value is 0.0569. The van der Waals surface area contributed by atoms with Gasteiger partial charge in [0.05, 0.1) is 0 Å². The molecule has 0 rings (SSSR count). The van der Waals surface area contributed by atoms with E-state index in [4.69, 9.17) is 18.0 Å². The van der Waals surface area contributed by atoms with Crippen LogP contribution >= 0.6 is 0 Å². The minimum Gasteiger partial charge on any atom is -0.375 e. The monoisotopic (exact) mass is 236 g/mol. The zero-order valence-electron chi connectivity index (χ0n) is 10.5. The molecule has 0 aliphatic heterocycles. The van der Waals surface area contributed by atoms with Gasteiger partial charge in [0.15, 0.2) is 0 Å². The van der Waals surface area contributed by atoms with Crippen molar-refractivity contribution in [1.82, 2.24) is 0 Å². The van der Waals surface area contributed by atoms with Gasteiger partial charge in [-0.2, -0.15) is 0 Å². The fourth-order valence-corrected chi connectivity index (χ4v) is 3.83. The van der Waals surface area contributed by atoms with Crippen LogP contribution < -0.4 is 0 Å². The van der Waals surface area contributed by atoms with E-state index < -0.39 is 8.80 Å². The first-order valence-electron chi connectivity index (χ1n) is 5.56. The lowest BCUT2D eigenvalue weighted by molar-refractivity contribution is 0.00417. The molecule has 0 aliphatic carbocycles. The lowest BCUT2D eigenvalue weighted by Crippen LogP contribution is -2.56. The van der Waals surface area contributed by atoms with Crippen molar-refractivity contribution in [3.63, 3.8) is 0 Å². The molecule has 15 heavy (non-hydrogen) atoms. The maximum Gasteiger partial charge on any atom is 0.530 e. The molecule has 1 unspecified atom stereocenters. The second-order valence-corrected chi connectivity index (χ2v) is 6.17. The van der Waals surface area contributed by atoms with Gasteiger partial charge in [-0.25, -0.2) is 0 Å². The molecule has 0 fully saturated rings. The molecule has 4 nitrogen and oxygen atoms in total. The number of hydrogen-bond acceptors (Lipinski definition) is 4. The maximum atomic E-state index is 5.73. The summed E-state index contributed by atoms with van der Waals surface area (Å²) in [6.45, 7) is 7.37. The van der Waals surface area contributed by atoms with E-state index in [2.05, 4.69) is 13.8 Å². The number of ether oxygens (including phenoxy) is 1.